The molecule has 2 aromatic carbocycles. The summed E-state index contributed by atoms with van der Waals surface area (Å²) in [5.74, 6) is -0.785. The van der Waals surface area contributed by atoms with Crippen LogP contribution in [0.5, 0.6) is 0 Å². The zero-order chi connectivity index (χ0) is 20.2. The van der Waals surface area contributed by atoms with Crippen LogP contribution in [0.4, 0.5) is 4.39 Å². The Hall–Kier alpha value is -3.93. The number of nitrogens with zero attached hydrogens (tertiary/aromatic N) is 3. The van der Waals surface area contributed by atoms with Crippen molar-refractivity contribution in [1.82, 2.24) is 15.4 Å². The molecule has 0 saturated heterocycles. The van der Waals surface area contributed by atoms with Gasteiger partial charge in [-0.2, -0.15) is 5.10 Å². The number of pyridine rings is 2. The van der Waals surface area contributed by atoms with Crippen molar-refractivity contribution in [2.75, 3.05) is 0 Å². The van der Waals surface area contributed by atoms with Gasteiger partial charge in [0.1, 0.15) is 5.82 Å². The van der Waals surface area contributed by atoms with Crippen LogP contribution in [-0.2, 0) is 0 Å². The molecule has 2 heterocycles. The van der Waals surface area contributed by atoms with Gasteiger partial charge in [0.05, 0.1) is 22.5 Å². The van der Waals surface area contributed by atoms with Gasteiger partial charge in [-0.1, -0.05) is 36.4 Å². The van der Waals surface area contributed by atoms with E-state index in [9.17, 15) is 9.18 Å². The third-order valence-corrected chi connectivity index (χ3v) is 4.53. The van der Waals surface area contributed by atoms with Gasteiger partial charge in [0.25, 0.3) is 5.91 Å². The Kier molecular flexibility index (Phi) is 5.07. The summed E-state index contributed by atoms with van der Waals surface area (Å²) in [6.07, 6.45) is 3.35. The number of carbonyl (C=O) groups is 1. The smallest absolute Gasteiger partial charge is 0.267 e. The van der Waals surface area contributed by atoms with Crippen molar-refractivity contribution in [2.45, 2.75) is 6.92 Å². The van der Waals surface area contributed by atoms with E-state index in [-0.39, 0.29) is 0 Å². The first-order chi connectivity index (χ1) is 14.1. The minimum atomic E-state index is -0.394. The van der Waals surface area contributed by atoms with Gasteiger partial charge >= 0.3 is 0 Å². The number of para-hydroxylation sites is 1. The summed E-state index contributed by atoms with van der Waals surface area (Å²) in [6, 6.07) is 19.1. The maximum absolute atomic E-state index is 13.9. The highest BCUT2D eigenvalue weighted by Crippen LogP contribution is 2.24. The normalized spacial score (nSPS) is 11.4. The average molecular weight is 384 g/mol. The zero-order valence-electron chi connectivity index (χ0n) is 15.6. The predicted molar refractivity (Wildman–Crippen MR) is 111 cm³/mol. The van der Waals surface area contributed by atoms with Crippen molar-refractivity contribution in [3.8, 4) is 11.3 Å². The highest BCUT2D eigenvalue weighted by molar-refractivity contribution is 6.08. The van der Waals surface area contributed by atoms with Gasteiger partial charge in [-0.25, -0.2) is 14.8 Å². The first-order valence-corrected chi connectivity index (χ1v) is 9.03. The van der Waals surface area contributed by atoms with E-state index in [2.05, 4.69) is 20.5 Å². The van der Waals surface area contributed by atoms with Crippen molar-refractivity contribution >= 4 is 22.5 Å². The van der Waals surface area contributed by atoms with Crippen molar-refractivity contribution in [2.24, 2.45) is 5.10 Å². The Labute approximate surface area is 167 Å². The highest BCUT2D eigenvalue weighted by Gasteiger charge is 2.14. The van der Waals surface area contributed by atoms with E-state index in [1.807, 2.05) is 36.4 Å². The molecule has 29 heavy (non-hydrogen) atoms. The topological polar surface area (TPSA) is 67.2 Å². The molecule has 1 N–H and O–H groups in total. The monoisotopic (exact) mass is 384 g/mol. The third-order valence-electron chi connectivity index (χ3n) is 4.53. The van der Waals surface area contributed by atoms with Crippen molar-refractivity contribution in [3.05, 3.63) is 96.1 Å². The Morgan fingerprint density at radius 3 is 2.48 bits per heavy atom. The maximum atomic E-state index is 13.9. The second-order valence-electron chi connectivity index (χ2n) is 6.43. The molecule has 5 nitrogen and oxygen atoms in total. The van der Waals surface area contributed by atoms with Gasteiger partial charge < -0.3 is 0 Å². The van der Waals surface area contributed by atoms with E-state index in [1.54, 1.807) is 43.6 Å². The molecule has 0 aliphatic carbocycles. The maximum Gasteiger partial charge on any atom is 0.272 e. The van der Waals surface area contributed by atoms with E-state index < -0.39 is 11.7 Å². The molecular weight excluding hydrogens is 367 g/mol. The molecule has 0 bridgehead atoms. The predicted octanol–water partition coefficient (Wildman–Crippen LogP) is 4.59. The van der Waals surface area contributed by atoms with Gasteiger partial charge in [-0.3, -0.25) is 9.78 Å². The van der Waals surface area contributed by atoms with E-state index in [1.165, 1.54) is 6.07 Å². The quantitative estimate of drug-likeness (QED) is 0.413. The van der Waals surface area contributed by atoms with Crippen molar-refractivity contribution in [3.63, 3.8) is 0 Å². The lowest BCUT2D eigenvalue weighted by atomic mass is 10.0. The molecule has 0 saturated carbocycles. The second-order valence-corrected chi connectivity index (χ2v) is 6.43. The van der Waals surface area contributed by atoms with Gasteiger partial charge in [0.2, 0.25) is 0 Å². The molecule has 142 valence electrons. The molecule has 0 fully saturated rings. The lowest BCUT2D eigenvalue weighted by Crippen LogP contribution is -2.20. The van der Waals surface area contributed by atoms with Crippen LogP contribution >= 0.6 is 0 Å². The van der Waals surface area contributed by atoms with Crippen molar-refractivity contribution in [1.29, 1.82) is 0 Å². The third kappa shape index (κ3) is 3.87. The number of amides is 1. The molecule has 4 aromatic rings. The molecule has 6 heteroatoms. The summed E-state index contributed by atoms with van der Waals surface area (Å²) in [4.78, 5) is 21.6. The molecule has 2 aromatic heterocycles. The van der Waals surface area contributed by atoms with E-state index in [0.717, 1.165) is 5.56 Å². The summed E-state index contributed by atoms with van der Waals surface area (Å²) in [5, 5.41) is 4.80. The summed E-state index contributed by atoms with van der Waals surface area (Å²) in [5.41, 5.74) is 5.90. The van der Waals surface area contributed by atoms with Crippen molar-refractivity contribution < 1.29 is 9.18 Å². The minimum Gasteiger partial charge on any atom is -0.267 e. The first kappa shape index (κ1) is 18.4. The standard InChI is InChI=1S/C23H17FN4O/c1-15(17-6-2-4-8-20(17)24)27-28-23(29)19-14-22(16-10-12-25-13-11-16)26-21-9-5-3-7-18(19)21/h2-14H,1H3,(H,28,29)/b27-15+. The van der Waals surface area contributed by atoms with Crippen LogP contribution < -0.4 is 5.43 Å². The van der Waals surface area contributed by atoms with Crippen LogP contribution in [-0.4, -0.2) is 21.6 Å². The number of carbonyl (C=O) groups excluding carboxylic acids is 1. The fraction of sp³-hybridized carbons (Fsp3) is 0.0435. The van der Waals surface area contributed by atoms with Gasteiger partial charge in [-0.05, 0) is 37.3 Å². The molecule has 0 aliphatic heterocycles. The lowest BCUT2D eigenvalue weighted by molar-refractivity contribution is 0.0956. The fourth-order valence-corrected chi connectivity index (χ4v) is 3.04. The Balaban J connectivity index is 1.72. The number of fused-ring (bicyclic) bond motifs is 1. The summed E-state index contributed by atoms with van der Waals surface area (Å²) in [6.45, 7) is 1.64. The number of halogens is 1. The number of rotatable bonds is 4. The van der Waals surface area contributed by atoms with Crippen LogP contribution in [0, 0.1) is 5.82 Å². The number of aromatic nitrogens is 2. The Bertz CT molecular complexity index is 1220. The lowest BCUT2D eigenvalue weighted by Gasteiger charge is -2.09. The molecule has 0 atom stereocenters. The van der Waals surface area contributed by atoms with Crippen LogP contribution in [0.25, 0.3) is 22.2 Å². The zero-order valence-corrected chi connectivity index (χ0v) is 15.6. The number of hydrogen-bond donors (Lipinski definition) is 1. The van der Waals surface area contributed by atoms with Gasteiger partial charge in [0.15, 0.2) is 0 Å². The minimum absolute atomic E-state index is 0.338. The number of nitrogens with one attached hydrogen (secondary N) is 1. The van der Waals surface area contributed by atoms with Gasteiger partial charge in [0, 0.05) is 28.9 Å². The molecule has 4 rings (SSSR count). The van der Waals surface area contributed by atoms with Crippen LogP contribution in [0.3, 0.4) is 0 Å². The number of hydrazone groups is 1. The SMILES string of the molecule is C/C(=N\NC(=O)c1cc(-c2ccncc2)nc2ccccc12)c1ccccc1F. The molecule has 0 radical (unpaired) electrons. The average Bonchev–Trinajstić information content (AvgIpc) is 2.77. The number of hydrogen-bond acceptors (Lipinski definition) is 4. The summed E-state index contributed by atoms with van der Waals surface area (Å²) >= 11 is 0. The van der Waals surface area contributed by atoms with Gasteiger partial charge in [-0.15, -0.1) is 0 Å². The summed E-state index contributed by atoms with van der Waals surface area (Å²) in [7, 11) is 0. The molecule has 0 unspecified atom stereocenters. The molecular formula is C23H17FN4O. The van der Waals surface area contributed by atoms with E-state index in [0.29, 0.717) is 33.4 Å². The first-order valence-electron chi connectivity index (χ1n) is 9.03. The van der Waals surface area contributed by atoms with Crippen LogP contribution in [0.15, 0.2) is 84.2 Å². The largest absolute Gasteiger partial charge is 0.272 e. The Morgan fingerprint density at radius 1 is 0.966 bits per heavy atom. The molecule has 1 amide bonds. The molecule has 0 aliphatic rings. The second kappa shape index (κ2) is 7.98. The van der Waals surface area contributed by atoms with Crippen LogP contribution in [0.1, 0.15) is 22.8 Å². The molecule has 0 spiro atoms. The Morgan fingerprint density at radius 2 is 1.69 bits per heavy atom. The number of benzene rings is 2. The van der Waals surface area contributed by atoms with E-state index >= 15 is 0 Å². The summed E-state index contributed by atoms with van der Waals surface area (Å²) < 4.78 is 13.9. The van der Waals surface area contributed by atoms with Crippen LogP contribution in [0.2, 0.25) is 0 Å². The van der Waals surface area contributed by atoms with E-state index in [4.69, 9.17) is 0 Å². The highest BCUT2D eigenvalue weighted by atomic mass is 19.1. The fourth-order valence-electron chi connectivity index (χ4n) is 3.04.